The molecule has 4 aromatic rings. The molecule has 1 amide bonds. The first-order chi connectivity index (χ1) is 21.7. The Morgan fingerprint density at radius 2 is 1.78 bits per heavy atom. The van der Waals surface area contributed by atoms with Gasteiger partial charge in [-0.3, -0.25) is 14.5 Å². The van der Waals surface area contributed by atoms with E-state index in [2.05, 4.69) is 24.0 Å². The number of nitrogens with zero attached hydrogens (tertiary/aromatic N) is 3. The SMILES string of the molecule is COc1ccc(/C(O)=C2/C(=O)C(=O)N(c3nnc(SCc4ccccc4F)s3)C2c2ccc(OCCC(C)C)c(OC)c2)cc1. The highest BCUT2D eigenvalue weighted by Gasteiger charge is 2.48. The van der Waals surface area contributed by atoms with Crippen molar-refractivity contribution in [1.29, 1.82) is 0 Å². The van der Waals surface area contributed by atoms with E-state index in [9.17, 15) is 19.1 Å². The van der Waals surface area contributed by atoms with Crippen LogP contribution in [0.25, 0.3) is 5.76 Å². The van der Waals surface area contributed by atoms with Crippen molar-refractivity contribution in [3.8, 4) is 17.2 Å². The molecule has 5 rings (SSSR count). The molecule has 3 aromatic carbocycles. The molecule has 1 aliphatic rings. The highest BCUT2D eigenvalue weighted by Crippen LogP contribution is 2.45. The Morgan fingerprint density at radius 1 is 1.02 bits per heavy atom. The molecule has 1 atom stereocenters. The van der Waals surface area contributed by atoms with Gasteiger partial charge in [0.25, 0.3) is 5.78 Å². The van der Waals surface area contributed by atoms with E-state index in [0.29, 0.717) is 56.6 Å². The topological polar surface area (TPSA) is 111 Å². The quantitative estimate of drug-likeness (QED) is 0.0568. The molecule has 12 heteroatoms. The number of methoxy groups -OCH3 is 2. The van der Waals surface area contributed by atoms with E-state index in [1.165, 1.54) is 36.9 Å². The van der Waals surface area contributed by atoms with Gasteiger partial charge in [-0.2, -0.15) is 0 Å². The Labute approximate surface area is 268 Å². The Bertz CT molecular complexity index is 1720. The van der Waals surface area contributed by atoms with E-state index in [-0.39, 0.29) is 22.3 Å². The number of ketones is 1. The number of aliphatic hydroxyl groups excluding tert-OH is 1. The van der Waals surface area contributed by atoms with Crippen molar-refractivity contribution in [3.63, 3.8) is 0 Å². The number of aromatic nitrogens is 2. The van der Waals surface area contributed by atoms with Gasteiger partial charge in [0, 0.05) is 11.3 Å². The van der Waals surface area contributed by atoms with Gasteiger partial charge in [0.15, 0.2) is 15.8 Å². The van der Waals surface area contributed by atoms with Gasteiger partial charge in [-0.05, 0) is 65.9 Å². The van der Waals surface area contributed by atoms with Crippen molar-refractivity contribution in [2.24, 2.45) is 5.92 Å². The fourth-order valence-corrected chi connectivity index (χ4v) is 6.59. The Kier molecular flexibility index (Phi) is 10.0. The predicted octanol–water partition coefficient (Wildman–Crippen LogP) is 7.04. The van der Waals surface area contributed by atoms with Crippen LogP contribution in [0, 0.1) is 11.7 Å². The number of ether oxygens (including phenoxy) is 3. The van der Waals surface area contributed by atoms with E-state index in [0.717, 1.165) is 17.8 Å². The van der Waals surface area contributed by atoms with Crippen molar-refractivity contribution in [3.05, 3.63) is 94.8 Å². The van der Waals surface area contributed by atoms with Gasteiger partial charge in [-0.25, -0.2) is 4.39 Å². The Morgan fingerprint density at radius 3 is 2.47 bits per heavy atom. The van der Waals surface area contributed by atoms with Crippen molar-refractivity contribution >= 4 is 45.7 Å². The second-order valence-corrected chi connectivity index (χ2v) is 12.7. The average Bonchev–Trinajstić information content (AvgIpc) is 3.61. The highest BCUT2D eigenvalue weighted by atomic mass is 32.2. The summed E-state index contributed by atoms with van der Waals surface area (Å²) in [4.78, 5) is 28.5. The maximum Gasteiger partial charge on any atom is 0.301 e. The lowest BCUT2D eigenvalue weighted by Crippen LogP contribution is -2.29. The van der Waals surface area contributed by atoms with Crippen LogP contribution in [-0.2, 0) is 15.3 Å². The molecule has 0 spiro atoms. The number of halogens is 1. The highest BCUT2D eigenvalue weighted by molar-refractivity contribution is 8.00. The van der Waals surface area contributed by atoms with Gasteiger partial charge in [0.1, 0.15) is 17.3 Å². The van der Waals surface area contributed by atoms with E-state index >= 15 is 0 Å². The number of hydrogen-bond acceptors (Lipinski definition) is 10. The zero-order valence-corrected chi connectivity index (χ0v) is 26.8. The largest absolute Gasteiger partial charge is 0.507 e. The molecule has 0 aliphatic carbocycles. The maximum absolute atomic E-state index is 14.2. The Hall–Kier alpha value is -4.42. The summed E-state index contributed by atoms with van der Waals surface area (Å²) in [6, 6.07) is 17.0. The lowest BCUT2D eigenvalue weighted by Gasteiger charge is -2.23. The minimum atomic E-state index is -1.05. The maximum atomic E-state index is 14.2. The second kappa shape index (κ2) is 14.1. The summed E-state index contributed by atoms with van der Waals surface area (Å²) in [5, 5.41) is 20.1. The first kappa shape index (κ1) is 32.0. The summed E-state index contributed by atoms with van der Waals surface area (Å²) in [7, 11) is 3.03. The molecular weight excluding hydrogens is 618 g/mol. The summed E-state index contributed by atoms with van der Waals surface area (Å²) in [6.45, 7) is 4.70. The summed E-state index contributed by atoms with van der Waals surface area (Å²) in [6.07, 6.45) is 0.848. The molecule has 1 unspecified atom stereocenters. The molecule has 1 fully saturated rings. The number of aliphatic hydroxyl groups is 1. The summed E-state index contributed by atoms with van der Waals surface area (Å²) >= 11 is 2.36. The molecule has 2 heterocycles. The fourth-order valence-electron chi connectivity index (χ4n) is 4.74. The first-order valence-corrected chi connectivity index (χ1v) is 16.0. The van der Waals surface area contributed by atoms with Gasteiger partial charge in [-0.15, -0.1) is 10.2 Å². The van der Waals surface area contributed by atoms with Gasteiger partial charge < -0.3 is 19.3 Å². The lowest BCUT2D eigenvalue weighted by molar-refractivity contribution is -0.132. The number of rotatable bonds is 12. The third kappa shape index (κ3) is 6.97. The van der Waals surface area contributed by atoms with Gasteiger partial charge in [0.05, 0.1) is 32.4 Å². The number of thioether (sulfide) groups is 1. The van der Waals surface area contributed by atoms with Crippen molar-refractivity contribution in [2.75, 3.05) is 25.7 Å². The molecule has 0 bridgehead atoms. The molecular formula is C33H32FN3O6S2. The second-order valence-electron chi connectivity index (χ2n) is 10.6. The molecule has 1 aliphatic heterocycles. The van der Waals surface area contributed by atoms with Crippen LogP contribution in [0.2, 0.25) is 0 Å². The standard InChI is InChI=1S/C33H32FN3O6S2/c1-19(2)15-16-43-25-14-11-21(17-26(25)42-4)28-27(29(38)20-9-12-23(41-3)13-10-20)30(39)31(40)37(28)32-35-36-33(45-32)44-18-22-7-5-6-8-24(22)34/h5-14,17,19,28,38H,15-16,18H2,1-4H3/b29-27-. The molecule has 1 aromatic heterocycles. The van der Waals surface area contributed by atoms with Gasteiger partial charge >= 0.3 is 5.91 Å². The monoisotopic (exact) mass is 649 g/mol. The van der Waals surface area contributed by atoms with Crippen LogP contribution in [0.15, 0.2) is 76.6 Å². The van der Waals surface area contributed by atoms with E-state index in [1.54, 1.807) is 60.7 Å². The minimum absolute atomic E-state index is 0.114. The third-order valence-corrected chi connectivity index (χ3v) is 9.28. The van der Waals surface area contributed by atoms with E-state index in [1.807, 2.05) is 0 Å². The van der Waals surface area contributed by atoms with Crippen LogP contribution in [-0.4, -0.2) is 47.8 Å². The number of carbonyl (C=O) groups excluding carboxylic acids is 2. The minimum Gasteiger partial charge on any atom is -0.507 e. The van der Waals surface area contributed by atoms with Crippen LogP contribution in [0.5, 0.6) is 17.2 Å². The van der Waals surface area contributed by atoms with Gasteiger partial charge in [0.2, 0.25) is 5.13 Å². The fraction of sp³-hybridized carbons (Fsp3) is 0.273. The lowest BCUT2D eigenvalue weighted by atomic mass is 9.95. The number of amides is 1. The van der Waals surface area contributed by atoms with Crippen LogP contribution in [0.4, 0.5) is 9.52 Å². The zero-order chi connectivity index (χ0) is 32.1. The van der Waals surface area contributed by atoms with Crippen LogP contribution in [0.1, 0.15) is 43.0 Å². The van der Waals surface area contributed by atoms with Crippen LogP contribution in [0.3, 0.4) is 0 Å². The predicted molar refractivity (Wildman–Crippen MR) is 172 cm³/mol. The molecule has 0 radical (unpaired) electrons. The normalized spacial score (nSPS) is 16.0. The van der Waals surface area contributed by atoms with Crippen molar-refractivity contribution < 1.29 is 33.3 Å². The van der Waals surface area contributed by atoms with Crippen molar-refractivity contribution in [1.82, 2.24) is 10.2 Å². The molecule has 1 N–H and O–H groups in total. The molecule has 0 saturated carbocycles. The van der Waals surface area contributed by atoms with E-state index in [4.69, 9.17) is 14.2 Å². The number of Topliss-reactive ketones (excluding diaryl/α,β-unsaturated/α-hetero) is 1. The number of anilines is 1. The molecule has 9 nitrogen and oxygen atoms in total. The summed E-state index contributed by atoms with van der Waals surface area (Å²) in [5.41, 5.74) is 1.21. The van der Waals surface area contributed by atoms with E-state index < -0.39 is 17.7 Å². The third-order valence-electron chi connectivity index (χ3n) is 7.17. The smallest absolute Gasteiger partial charge is 0.301 e. The summed E-state index contributed by atoms with van der Waals surface area (Å²) < 4.78 is 31.5. The number of hydrogen-bond donors (Lipinski definition) is 1. The molecule has 45 heavy (non-hydrogen) atoms. The average molecular weight is 650 g/mol. The molecule has 1 saturated heterocycles. The summed E-state index contributed by atoms with van der Waals surface area (Å²) in [5.74, 6) is -0.181. The van der Waals surface area contributed by atoms with Gasteiger partial charge in [-0.1, -0.05) is 61.2 Å². The van der Waals surface area contributed by atoms with Crippen LogP contribution >= 0.6 is 23.1 Å². The first-order valence-electron chi connectivity index (χ1n) is 14.2. The Balaban J connectivity index is 1.55. The zero-order valence-electron chi connectivity index (χ0n) is 25.2. The van der Waals surface area contributed by atoms with Crippen molar-refractivity contribution in [2.45, 2.75) is 36.4 Å². The number of carbonyl (C=O) groups is 2. The molecule has 234 valence electrons. The number of benzene rings is 3. The van der Waals surface area contributed by atoms with Crippen LogP contribution < -0.4 is 19.1 Å².